The number of allylic oxidation sites excluding steroid dienone is 1. The van der Waals surface area contributed by atoms with Crippen molar-refractivity contribution in [2.24, 2.45) is 33.7 Å². The molecule has 0 aromatic heterocycles. The minimum atomic E-state index is -1.86. The largest absolute Gasteiger partial charge is 0.414 e. The molecule has 1 aromatic rings. The molecule has 0 spiro atoms. The molecule has 0 unspecified atom stereocenters. The van der Waals surface area contributed by atoms with Crippen LogP contribution in [-0.2, 0) is 20.3 Å². The number of fused-ring (bicyclic) bond motifs is 5. The third kappa shape index (κ3) is 5.59. The molecule has 3 fully saturated rings. The molecule has 6 heteroatoms. The minimum Gasteiger partial charge on any atom is -0.414 e. The second-order valence-corrected chi connectivity index (χ2v) is 24.7. The fourth-order valence-electron chi connectivity index (χ4n) is 9.44. The molecule has 3 saturated carbocycles. The maximum absolute atomic E-state index is 7.30. The maximum atomic E-state index is 7.30. The summed E-state index contributed by atoms with van der Waals surface area (Å²) >= 11 is 0. The second kappa shape index (κ2) is 10.8. The van der Waals surface area contributed by atoms with Gasteiger partial charge in [0.25, 0.3) is 0 Å². The molecule has 40 heavy (non-hydrogen) atoms. The number of hydrogen-bond donors (Lipinski definition) is 0. The van der Waals surface area contributed by atoms with Crippen molar-refractivity contribution in [1.82, 2.24) is 0 Å². The van der Waals surface area contributed by atoms with Gasteiger partial charge in [-0.3, -0.25) is 0 Å². The lowest BCUT2D eigenvalue weighted by Crippen LogP contribution is -2.60. The van der Waals surface area contributed by atoms with Crippen molar-refractivity contribution in [1.29, 1.82) is 0 Å². The molecule has 0 aliphatic heterocycles. The van der Waals surface area contributed by atoms with Gasteiger partial charge in [0.1, 0.15) is 12.2 Å². The van der Waals surface area contributed by atoms with Crippen LogP contribution >= 0.6 is 0 Å². The molecule has 5 rings (SSSR count). The molecular weight excluding hydrogens is 527 g/mol. The van der Waals surface area contributed by atoms with Crippen LogP contribution in [-0.4, -0.2) is 34.1 Å². The Bertz CT molecular complexity index is 1120. The monoisotopic (exact) mass is 581 g/mol. The van der Waals surface area contributed by atoms with Crippen molar-refractivity contribution in [3.8, 4) is 0 Å². The van der Waals surface area contributed by atoms with Gasteiger partial charge in [-0.1, -0.05) is 61.0 Å². The maximum Gasteiger partial charge on any atom is 0.185 e. The Morgan fingerprint density at radius 3 is 2.27 bits per heavy atom. The Kier molecular flexibility index (Phi) is 8.17. The molecule has 222 valence electrons. The lowest BCUT2D eigenvalue weighted by Gasteiger charge is -2.60. The topological polar surface area (TPSA) is 40.0 Å². The van der Waals surface area contributed by atoms with E-state index in [9.17, 15) is 0 Å². The third-order valence-electron chi connectivity index (χ3n) is 11.0. The van der Waals surface area contributed by atoms with Crippen molar-refractivity contribution < 1.29 is 13.7 Å². The van der Waals surface area contributed by atoms with E-state index in [-0.39, 0.29) is 11.0 Å². The van der Waals surface area contributed by atoms with Crippen LogP contribution in [0.3, 0.4) is 0 Å². The molecule has 4 aliphatic carbocycles. The number of rotatable bonds is 8. The molecule has 0 saturated heterocycles. The molecule has 7 atom stereocenters. The summed E-state index contributed by atoms with van der Waals surface area (Å²) in [6, 6.07) is 10.4. The van der Waals surface area contributed by atoms with Crippen LogP contribution in [0.4, 0.5) is 0 Å². The molecule has 4 nitrogen and oxygen atoms in total. The highest BCUT2D eigenvalue weighted by atomic mass is 28.4. The van der Waals surface area contributed by atoms with Crippen LogP contribution in [0, 0.1) is 28.6 Å². The molecule has 1 aromatic carbocycles. The summed E-state index contributed by atoms with van der Waals surface area (Å²) in [6.45, 7) is 21.9. The van der Waals surface area contributed by atoms with E-state index in [1.54, 1.807) is 5.57 Å². The van der Waals surface area contributed by atoms with Gasteiger partial charge in [-0.25, -0.2) is 0 Å². The first-order valence-corrected chi connectivity index (χ1v) is 22.8. The van der Waals surface area contributed by atoms with Gasteiger partial charge in [-0.15, -0.1) is 0 Å². The van der Waals surface area contributed by atoms with Gasteiger partial charge in [0, 0.05) is 11.5 Å². The van der Waals surface area contributed by atoms with Crippen LogP contribution in [0.25, 0.3) is 0 Å². The zero-order chi connectivity index (χ0) is 29.0. The van der Waals surface area contributed by atoms with E-state index in [1.807, 2.05) is 6.07 Å². The fraction of sp³-hybridized carbons (Fsp3) is 0.735. The van der Waals surface area contributed by atoms with Crippen LogP contribution in [0.15, 0.2) is 47.1 Å². The van der Waals surface area contributed by atoms with Crippen molar-refractivity contribution in [2.45, 2.75) is 130 Å². The van der Waals surface area contributed by atoms with Crippen molar-refractivity contribution in [3.05, 3.63) is 47.5 Å². The molecule has 0 bridgehead atoms. The Hall–Kier alpha value is -1.22. The summed E-state index contributed by atoms with van der Waals surface area (Å²) in [7, 11) is -3.38. The van der Waals surface area contributed by atoms with Gasteiger partial charge in [0.15, 0.2) is 16.6 Å². The van der Waals surface area contributed by atoms with Crippen molar-refractivity contribution >= 4 is 22.3 Å². The first-order valence-electron chi connectivity index (χ1n) is 16.0. The van der Waals surface area contributed by atoms with Crippen LogP contribution in [0.2, 0.25) is 39.3 Å². The summed E-state index contributed by atoms with van der Waals surface area (Å²) in [6.07, 6.45) is 12.8. The van der Waals surface area contributed by atoms with Crippen molar-refractivity contribution in [3.63, 3.8) is 0 Å². The van der Waals surface area contributed by atoms with Crippen LogP contribution in [0.5, 0.6) is 0 Å². The average Bonchev–Trinajstić information content (AvgIpc) is 3.15. The first kappa shape index (κ1) is 30.2. The SMILES string of the molecule is C/C(=N\OCc1ccccc1)[C@@]1(O[Si](C)(C)C)CC[C@H]2[C@@H]3CC=C4C[C@@H](O[Si](C)(C)C)CC[C@]4(C)[C@H]3CC[C@@]21C. The van der Waals surface area contributed by atoms with Gasteiger partial charge in [0.05, 0.1) is 5.71 Å². The first-order chi connectivity index (χ1) is 18.7. The quantitative estimate of drug-likeness (QED) is 0.133. The van der Waals surface area contributed by atoms with Gasteiger partial charge in [-0.2, -0.15) is 0 Å². The van der Waals surface area contributed by atoms with Gasteiger partial charge in [-0.05, 0) is 126 Å². The van der Waals surface area contributed by atoms with E-state index in [1.165, 1.54) is 38.5 Å². The molecule has 4 aliphatic rings. The predicted molar refractivity (Wildman–Crippen MR) is 171 cm³/mol. The predicted octanol–water partition coefficient (Wildman–Crippen LogP) is 9.35. The van der Waals surface area contributed by atoms with Gasteiger partial charge < -0.3 is 13.7 Å². The summed E-state index contributed by atoms with van der Waals surface area (Å²) in [5.74, 6) is 2.16. The fourth-order valence-corrected chi connectivity index (χ4v) is 12.2. The Balaban J connectivity index is 1.40. The average molecular weight is 582 g/mol. The zero-order valence-electron chi connectivity index (χ0n) is 26.8. The standard InChI is InChI=1S/C34H55NO3Si2/c1-25(35-36-24-26-13-11-10-12-14-26)34(38-40(7,8)9)22-19-31-29-16-15-27-23-28(37-39(4,5)6)17-20-32(27,2)30(29)18-21-33(31,34)3/h10-15,28-31H,16-24H2,1-9H3/b35-25+/t28-,29+,30-,31-,32-,33-,34-/m0/s1. The third-order valence-corrected chi connectivity index (χ3v) is 13.0. The summed E-state index contributed by atoms with van der Waals surface area (Å²) in [5, 5.41) is 4.81. The van der Waals surface area contributed by atoms with E-state index in [4.69, 9.17) is 18.8 Å². The minimum absolute atomic E-state index is 0.0813. The lowest BCUT2D eigenvalue weighted by molar-refractivity contribution is -0.0869. The van der Waals surface area contributed by atoms with Crippen LogP contribution in [0.1, 0.15) is 77.7 Å². The Morgan fingerprint density at radius 2 is 1.60 bits per heavy atom. The molecule has 0 N–H and O–H groups in total. The highest BCUT2D eigenvalue weighted by molar-refractivity contribution is 6.70. The summed E-state index contributed by atoms with van der Waals surface area (Å²) in [4.78, 5) is 6.00. The molecule has 0 amide bonds. The van der Waals surface area contributed by atoms with E-state index >= 15 is 0 Å². The lowest BCUT2D eigenvalue weighted by atomic mass is 9.46. The summed E-state index contributed by atoms with van der Waals surface area (Å²) < 4.78 is 13.9. The van der Waals surface area contributed by atoms with E-state index < -0.39 is 16.6 Å². The smallest absolute Gasteiger partial charge is 0.185 e. The highest BCUT2D eigenvalue weighted by Gasteiger charge is 2.66. The van der Waals surface area contributed by atoms with E-state index in [0.717, 1.165) is 36.0 Å². The van der Waals surface area contributed by atoms with Gasteiger partial charge >= 0.3 is 0 Å². The number of hydrogen-bond acceptors (Lipinski definition) is 4. The van der Waals surface area contributed by atoms with Crippen LogP contribution < -0.4 is 0 Å². The van der Waals surface area contributed by atoms with Crippen molar-refractivity contribution in [2.75, 3.05) is 0 Å². The number of oxime groups is 1. The van der Waals surface area contributed by atoms with E-state index in [2.05, 4.69) is 90.4 Å². The zero-order valence-corrected chi connectivity index (χ0v) is 28.8. The molecule has 0 radical (unpaired) electrons. The highest BCUT2D eigenvalue weighted by Crippen LogP contribution is 2.68. The normalized spacial score (nSPS) is 38.2. The Morgan fingerprint density at radius 1 is 0.900 bits per heavy atom. The van der Waals surface area contributed by atoms with Gasteiger partial charge in [0.2, 0.25) is 0 Å². The van der Waals surface area contributed by atoms with E-state index in [0.29, 0.717) is 24.0 Å². The second-order valence-electron chi connectivity index (χ2n) is 15.8. The molecular formula is C34H55NO3Si2. The Labute approximate surface area is 246 Å². The number of nitrogens with zero attached hydrogens (tertiary/aromatic N) is 1. The molecule has 0 heterocycles. The number of benzene rings is 1. The summed E-state index contributed by atoms with van der Waals surface area (Å²) in [5.41, 5.74) is 3.99.